The highest BCUT2D eigenvalue weighted by atomic mass is 32.2. The zero-order valence-electron chi connectivity index (χ0n) is 21.4. The Morgan fingerprint density at radius 3 is 2.26 bits per heavy atom. The minimum absolute atomic E-state index is 0.266. The summed E-state index contributed by atoms with van der Waals surface area (Å²) in [5.41, 5.74) is 1.47. The average molecular weight is 489 g/mol. The molecule has 0 saturated carbocycles. The molecule has 1 heterocycles. The number of methoxy groups -OCH3 is 1. The maximum absolute atomic E-state index is 14.1. The summed E-state index contributed by atoms with van der Waals surface area (Å²) in [6.07, 6.45) is 3.82. The number of hydrogen-bond donors (Lipinski definition) is 1. The van der Waals surface area contributed by atoms with Crippen LogP contribution in [0.1, 0.15) is 69.4 Å². The van der Waals surface area contributed by atoms with Crippen LogP contribution in [-0.4, -0.2) is 57.7 Å². The lowest BCUT2D eigenvalue weighted by atomic mass is 9.72. The largest absolute Gasteiger partial charge is 0.497 e. The topological polar surface area (TPSA) is 70.1 Å². The molecule has 0 spiro atoms. The van der Waals surface area contributed by atoms with Crippen LogP contribution < -0.4 is 9.64 Å². The Bertz CT molecular complexity index is 1080. The summed E-state index contributed by atoms with van der Waals surface area (Å²) in [7, 11) is 3.30. The van der Waals surface area contributed by atoms with Gasteiger partial charge in [-0.05, 0) is 54.3 Å². The molecule has 0 radical (unpaired) electrons. The van der Waals surface area contributed by atoms with Gasteiger partial charge in [-0.1, -0.05) is 51.7 Å². The summed E-state index contributed by atoms with van der Waals surface area (Å²) in [5.74, 6) is 0.168. The third kappa shape index (κ3) is 4.70. The molecular formula is C27H40N2O4S. The van der Waals surface area contributed by atoms with E-state index in [-0.39, 0.29) is 4.90 Å². The summed E-state index contributed by atoms with van der Waals surface area (Å²) in [5, 5.41) is 12.2. The minimum atomic E-state index is -3.83. The summed E-state index contributed by atoms with van der Waals surface area (Å²) >= 11 is 0. The zero-order valence-corrected chi connectivity index (χ0v) is 22.2. The van der Waals surface area contributed by atoms with Crippen LogP contribution >= 0.6 is 0 Å². The highest BCUT2D eigenvalue weighted by Gasteiger charge is 2.53. The summed E-state index contributed by atoms with van der Waals surface area (Å²) in [6.45, 7) is 4.20. The summed E-state index contributed by atoms with van der Waals surface area (Å²) in [6, 6.07) is 13.1. The third-order valence-electron chi connectivity index (χ3n) is 7.36. The molecule has 1 N–H and O–H groups in total. The average Bonchev–Trinajstić information content (AvgIpc) is 2.88. The van der Waals surface area contributed by atoms with E-state index in [1.165, 1.54) is 4.31 Å². The Hall–Kier alpha value is -2.09. The smallest absolute Gasteiger partial charge is 0.243 e. The predicted molar refractivity (Wildman–Crippen MR) is 138 cm³/mol. The second kappa shape index (κ2) is 10.7. The van der Waals surface area contributed by atoms with Gasteiger partial charge in [-0.25, -0.2) is 8.42 Å². The van der Waals surface area contributed by atoms with Gasteiger partial charge in [0.1, 0.15) is 5.75 Å². The number of fused-ring (bicyclic) bond motifs is 1. The number of rotatable bonds is 9. The van der Waals surface area contributed by atoms with Gasteiger partial charge in [-0.2, -0.15) is 4.31 Å². The van der Waals surface area contributed by atoms with E-state index in [2.05, 4.69) is 13.8 Å². The van der Waals surface area contributed by atoms with Gasteiger partial charge in [-0.3, -0.25) is 0 Å². The van der Waals surface area contributed by atoms with Gasteiger partial charge in [-0.15, -0.1) is 0 Å². The van der Waals surface area contributed by atoms with E-state index < -0.39 is 27.6 Å². The van der Waals surface area contributed by atoms with Crippen LogP contribution in [0.2, 0.25) is 0 Å². The molecule has 0 aromatic heterocycles. The molecule has 0 aliphatic carbocycles. The second-order valence-corrected chi connectivity index (χ2v) is 11.5. The molecule has 34 heavy (non-hydrogen) atoms. The highest BCUT2D eigenvalue weighted by molar-refractivity contribution is 7.89. The molecule has 188 valence electrons. The van der Waals surface area contributed by atoms with Crippen molar-refractivity contribution in [1.29, 1.82) is 0 Å². The first-order chi connectivity index (χ1) is 16.1. The molecule has 0 fully saturated rings. The fraction of sp³-hybridized carbons (Fsp3) is 0.556. The predicted octanol–water partition coefficient (Wildman–Crippen LogP) is 5.01. The van der Waals surface area contributed by atoms with Crippen LogP contribution in [-0.2, 0) is 10.0 Å². The second-order valence-electron chi connectivity index (χ2n) is 9.60. The summed E-state index contributed by atoms with van der Waals surface area (Å²) in [4.78, 5) is 2.22. The quantitative estimate of drug-likeness (QED) is 0.537. The first-order valence-corrected chi connectivity index (χ1v) is 13.7. The number of nitrogens with zero attached hydrogens (tertiary/aromatic N) is 2. The molecule has 0 saturated heterocycles. The fourth-order valence-electron chi connectivity index (χ4n) is 5.24. The van der Waals surface area contributed by atoms with E-state index in [1.54, 1.807) is 20.2 Å². The van der Waals surface area contributed by atoms with Crippen molar-refractivity contribution in [2.45, 2.75) is 74.8 Å². The first kappa shape index (κ1) is 26.5. The van der Waals surface area contributed by atoms with Crippen molar-refractivity contribution in [3.8, 4) is 5.75 Å². The van der Waals surface area contributed by atoms with Gasteiger partial charge in [0.05, 0.1) is 23.6 Å². The van der Waals surface area contributed by atoms with Gasteiger partial charge < -0.3 is 14.7 Å². The number of anilines is 1. The summed E-state index contributed by atoms with van der Waals surface area (Å²) < 4.78 is 35.1. The molecule has 1 aliphatic heterocycles. The number of likely N-dealkylation sites (N-methyl/N-ethyl adjacent to an activating group) is 1. The molecule has 2 aromatic rings. The highest BCUT2D eigenvalue weighted by Crippen LogP contribution is 2.48. The van der Waals surface area contributed by atoms with Gasteiger partial charge >= 0.3 is 0 Å². The van der Waals surface area contributed by atoms with Gasteiger partial charge in [0.15, 0.2) is 0 Å². The van der Waals surface area contributed by atoms with E-state index in [1.807, 2.05) is 55.4 Å². The number of hydrogen-bond acceptors (Lipinski definition) is 5. The molecule has 0 amide bonds. The molecule has 1 aliphatic rings. The molecule has 0 bridgehead atoms. The Labute approximate surface area is 205 Å². The Morgan fingerprint density at radius 1 is 1.06 bits per heavy atom. The number of aliphatic hydroxyl groups is 1. The number of sulfonamides is 1. The van der Waals surface area contributed by atoms with E-state index in [9.17, 15) is 13.5 Å². The van der Waals surface area contributed by atoms with Crippen LogP contribution in [0.4, 0.5) is 5.69 Å². The SMILES string of the molecule is CCCCC1(CCCC)[C@H](O)[C@H](c2cccc(OC)c2)c2cc(N(C)C)ccc2S(=O)(=O)N1C. The third-order valence-corrected chi connectivity index (χ3v) is 9.37. The molecule has 6 nitrogen and oxygen atoms in total. The van der Waals surface area contributed by atoms with Crippen LogP contribution in [0.25, 0.3) is 0 Å². The van der Waals surface area contributed by atoms with Crippen molar-refractivity contribution in [2.75, 3.05) is 33.2 Å². The minimum Gasteiger partial charge on any atom is -0.497 e. The maximum atomic E-state index is 14.1. The van der Waals surface area contributed by atoms with Crippen molar-refractivity contribution in [2.24, 2.45) is 0 Å². The van der Waals surface area contributed by atoms with E-state index in [4.69, 9.17) is 4.74 Å². The lowest BCUT2D eigenvalue weighted by Crippen LogP contribution is -2.57. The van der Waals surface area contributed by atoms with Gasteiger partial charge in [0.25, 0.3) is 0 Å². The molecule has 7 heteroatoms. The molecular weight excluding hydrogens is 448 g/mol. The lowest BCUT2D eigenvalue weighted by molar-refractivity contribution is -0.00315. The Kier molecular flexibility index (Phi) is 8.32. The Balaban J connectivity index is 2.38. The normalized spacial score (nSPS) is 21.5. The van der Waals surface area contributed by atoms with Crippen LogP contribution in [0.5, 0.6) is 5.75 Å². The van der Waals surface area contributed by atoms with Crippen LogP contribution in [0, 0.1) is 0 Å². The van der Waals surface area contributed by atoms with E-state index in [0.717, 1.165) is 36.9 Å². The van der Waals surface area contributed by atoms with Crippen molar-refractivity contribution in [3.05, 3.63) is 53.6 Å². The van der Waals surface area contributed by atoms with Crippen LogP contribution in [0.15, 0.2) is 47.4 Å². The molecule has 2 aromatic carbocycles. The number of ether oxygens (including phenoxy) is 1. The van der Waals surface area contributed by atoms with Crippen LogP contribution in [0.3, 0.4) is 0 Å². The standard InChI is InChI=1S/C27H40N2O4S/c1-7-9-16-27(17-10-8-2)26(30)25(20-12-11-13-22(18-20)33-6)23-19-21(28(3)4)14-15-24(23)34(31,32)29(27)5/h11-15,18-19,25-26,30H,7-10,16-17H2,1-6H3/t25-,26-/m1/s1. The molecule has 3 rings (SSSR count). The number of aliphatic hydroxyl groups excluding tert-OH is 1. The monoisotopic (exact) mass is 488 g/mol. The zero-order chi connectivity index (χ0) is 25.1. The van der Waals surface area contributed by atoms with E-state index >= 15 is 0 Å². The number of unbranched alkanes of at least 4 members (excludes halogenated alkanes) is 2. The van der Waals surface area contributed by atoms with Crippen molar-refractivity contribution < 1.29 is 18.3 Å². The van der Waals surface area contributed by atoms with Crippen molar-refractivity contribution in [3.63, 3.8) is 0 Å². The molecule has 2 atom stereocenters. The molecule has 0 unspecified atom stereocenters. The number of benzene rings is 2. The van der Waals surface area contributed by atoms with Gasteiger partial charge in [0.2, 0.25) is 10.0 Å². The van der Waals surface area contributed by atoms with E-state index in [0.29, 0.717) is 24.2 Å². The van der Waals surface area contributed by atoms with Crippen molar-refractivity contribution in [1.82, 2.24) is 4.31 Å². The van der Waals surface area contributed by atoms with Crippen molar-refractivity contribution >= 4 is 15.7 Å². The first-order valence-electron chi connectivity index (χ1n) is 12.3. The fourth-order valence-corrected chi connectivity index (χ4v) is 7.03. The lowest BCUT2D eigenvalue weighted by Gasteiger charge is -2.45. The Morgan fingerprint density at radius 2 is 1.71 bits per heavy atom. The van der Waals surface area contributed by atoms with Gasteiger partial charge in [0, 0.05) is 32.7 Å². The maximum Gasteiger partial charge on any atom is 0.243 e.